The molecule has 1 heterocycles. The number of nitrogens with one attached hydrogen (secondary N) is 1. The van der Waals surface area contributed by atoms with Crippen molar-refractivity contribution in [2.45, 2.75) is 37.8 Å². The molecule has 0 aliphatic carbocycles. The minimum Gasteiger partial charge on any atom is -0.481 e. The second kappa shape index (κ2) is 11.7. The number of carbonyl (C=O) groups is 1. The van der Waals surface area contributed by atoms with Gasteiger partial charge < -0.3 is 14.4 Å². The number of rotatable bonds is 10. The van der Waals surface area contributed by atoms with Gasteiger partial charge in [-0.05, 0) is 73.0 Å². The van der Waals surface area contributed by atoms with Crippen LogP contribution in [0.3, 0.4) is 0 Å². The molecule has 0 saturated heterocycles. The SMILES string of the molecule is CC#CCOc1ccc(S(=O)(=O)N[C@@H](Cc2cn(Cc3ccccc3C)c3ccc(Cl)cc23)C(=O)O)cc1. The first-order chi connectivity index (χ1) is 18.2. The normalized spacial score (nSPS) is 12.1. The van der Waals surface area contributed by atoms with Crippen molar-refractivity contribution in [3.05, 3.63) is 94.6 Å². The van der Waals surface area contributed by atoms with Crippen LogP contribution in [-0.2, 0) is 27.8 Å². The van der Waals surface area contributed by atoms with Gasteiger partial charge in [0.15, 0.2) is 0 Å². The number of sulfonamides is 1. The quantitative estimate of drug-likeness (QED) is 0.270. The lowest BCUT2D eigenvalue weighted by molar-refractivity contribution is -0.138. The molecule has 196 valence electrons. The van der Waals surface area contributed by atoms with E-state index in [2.05, 4.69) is 16.6 Å². The van der Waals surface area contributed by atoms with Crippen LogP contribution in [0.1, 0.15) is 23.6 Å². The molecule has 3 aromatic carbocycles. The van der Waals surface area contributed by atoms with E-state index in [1.54, 1.807) is 19.1 Å². The summed E-state index contributed by atoms with van der Waals surface area (Å²) in [6.07, 6.45) is 1.80. The summed E-state index contributed by atoms with van der Waals surface area (Å²) in [5.41, 5.74) is 3.81. The monoisotopic (exact) mass is 550 g/mol. The largest absolute Gasteiger partial charge is 0.481 e. The first kappa shape index (κ1) is 27.3. The van der Waals surface area contributed by atoms with Crippen LogP contribution in [0.2, 0.25) is 5.02 Å². The average Bonchev–Trinajstić information content (AvgIpc) is 3.21. The molecule has 0 spiro atoms. The van der Waals surface area contributed by atoms with Crippen LogP contribution in [-0.4, -0.2) is 36.7 Å². The number of carboxylic acids is 1. The highest BCUT2D eigenvalue weighted by molar-refractivity contribution is 7.89. The third-order valence-electron chi connectivity index (χ3n) is 6.17. The number of hydrogen-bond acceptors (Lipinski definition) is 4. The topological polar surface area (TPSA) is 97.6 Å². The second-order valence-electron chi connectivity index (χ2n) is 8.77. The Morgan fingerprint density at radius 2 is 1.84 bits per heavy atom. The Labute approximate surface area is 227 Å². The molecular weight excluding hydrogens is 524 g/mol. The van der Waals surface area contributed by atoms with E-state index in [4.69, 9.17) is 16.3 Å². The van der Waals surface area contributed by atoms with Gasteiger partial charge >= 0.3 is 5.97 Å². The maximum Gasteiger partial charge on any atom is 0.322 e. The standard InChI is InChI=1S/C29H27ClN2O5S/c1-3-4-15-37-24-10-12-25(13-11-24)38(35,36)31-27(29(33)34)16-22-19-32(18-21-8-6-5-7-20(21)2)28-14-9-23(30)17-26(22)28/h5-14,17,19,27,31H,15-16,18H2,1-2H3,(H,33,34)/t27-/m0/s1. The predicted octanol–water partition coefficient (Wildman–Crippen LogP) is 5.03. The van der Waals surface area contributed by atoms with Crippen molar-refractivity contribution >= 4 is 38.5 Å². The average molecular weight is 551 g/mol. The van der Waals surface area contributed by atoms with Crippen LogP contribution in [0.25, 0.3) is 10.9 Å². The van der Waals surface area contributed by atoms with Crippen molar-refractivity contribution in [2.24, 2.45) is 0 Å². The highest BCUT2D eigenvalue weighted by Gasteiger charge is 2.27. The molecule has 0 amide bonds. The summed E-state index contributed by atoms with van der Waals surface area (Å²) in [6.45, 7) is 4.49. The fourth-order valence-electron chi connectivity index (χ4n) is 4.17. The number of halogens is 1. The Morgan fingerprint density at radius 3 is 2.53 bits per heavy atom. The number of carboxylic acid groups (broad SMARTS) is 1. The first-order valence-electron chi connectivity index (χ1n) is 11.9. The third-order valence-corrected chi connectivity index (χ3v) is 7.89. The lowest BCUT2D eigenvalue weighted by Gasteiger charge is -2.15. The number of aromatic nitrogens is 1. The van der Waals surface area contributed by atoms with Gasteiger partial charge in [0.1, 0.15) is 18.4 Å². The fraction of sp³-hybridized carbons (Fsp3) is 0.207. The number of nitrogens with zero attached hydrogens (tertiary/aromatic N) is 1. The van der Waals surface area contributed by atoms with Gasteiger partial charge in [-0.3, -0.25) is 4.79 Å². The lowest BCUT2D eigenvalue weighted by atomic mass is 10.1. The van der Waals surface area contributed by atoms with Gasteiger partial charge in [-0.15, -0.1) is 5.92 Å². The molecule has 7 nitrogen and oxygen atoms in total. The number of aryl methyl sites for hydroxylation is 1. The molecule has 0 bridgehead atoms. The predicted molar refractivity (Wildman–Crippen MR) is 148 cm³/mol. The van der Waals surface area contributed by atoms with Crippen molar-refractivity contribution < 1.29 is 23.1 Å². The molecule has 9 heteroatoms. The highest BCUT2D eigenvalue weighted by atomic mass is 35.5. The van der Waals surface area contributed by atoms with E-state index in [1.165, 1.54) is 24.3 Å². The minimum absolute atomic E-state index is 0.0664. The summed E-state index contributed by atoms with van der Waals surface area (Å²) in [7, 11) is -4.12. The van der Waals surface area contributed by atoms with Gasteiger partial charge in [-0.25, -0.2) is 8.42 Å². The molecular formula is C29H27ClN2O5S. The second-order valence-corrected chi connectivity index (χ2v) is 10.9. The summed E-state index contributed by atoms with van der Waals surface area (Å²) in [4.78, 5) is 12.1. The number of ether oxygens (including phenoxy) is 1. The molecule has 0 radical (unpaired) electrons. The molecule has 4 aromatic rings. The van der Waals surface area contributed by atoms with Crippen LogP contribution in [0, 0.1) is 18.8 Å². The van der Waals surface area contributed by atoms with Crippen LogP contribution >= 0.6 is 11.6 Å². The fourth-order valence-corrected chi connectivity index (χ4v) is 5.53. The van der Waals surface area contributed by atoms with Crippen molar-refractivity contribution in [3.8, 4) is 17.6 Å². The first-order valence-corrected chi connectivity index (χ1v) is 13.7. The van der Waals surface area contributed by atoms with Gasteiger partial charge in [0, 0.05) is 35.1 Å². The number of benzene rings is 3. The highest BCUT2D eigenvalue weighted by Crippen LogP contribution is 2.28. The summed E-state index contributed by atoms with van der Waals surface area (Å²) < 4.78 is 35.9. The molecule has 1 atom stereocenters. The molecule has 0 aliphatic rings. The molecule has 0 unspecified atom stereocenters. The van der Waals surface area contributed by atoms with Crippen molar-refractivity contribution in [3.63, 3.8) is 0 Å². The number of aliphatic carboxylic acids is 1. The maximum atomic E-state index is 13.0. The summed E-state index contributed by atoms with van der Waals surface area (Å²) in [5, 5.41) is 11.2. The van der Waals surface area contributed by atoms with E-state index in [9.17, 15) is 18.3 Å². The van der Waals surface area contributed by atoms with Gasteiger partial charge in [0.25, 0.3) is 0 Å². The van der Waals surface area contributed by atoms with Crippen molar-refractivity contribution in [2.75, 3.05) is 6.61 Å². The molecule has 2 N–H and O–H groups in total. The van der Waals surface area contributed by atoms with Crippen LogP contribution < -0.4 is 9.46 Å². The zero-order valence-corrected chi connectivity index (χ0v) is 22.5. The van der Waals surface area contributed by atoms with Gasteiger partial charge in [0.05, 0.1) is 4.90 Å². The summed E-state index contributed by atoms with van der Waals surface area (Å²) in [6, 6.07) is 17.8. The van der Waals surface area contributed by atoms with Crippen LogP contribution in [0.15, 0.2) is 77.8 Å². The Morgan fingerprint density at radius 1 is 1.11 bits per heavy atom. The molecule has 38 heavy (non-hydrogen) atoms. The van der Waals surface area contributed by atoms with E-state index in [1.807, 2.05) is 48.0 Å². The smallest absolute Gasteiger partial charge is 0.322 e. The zero-order valence-electron chi connectivity index (χ0n) is 20.9. The van der Waals surface area contributed by atoms with Crippen molar-refractivity contribution in [1.82, 2.24) is 9.29 Å². The zero-order chi connectivity index (χ0) is 27.3. The van der Waals surface area contributed by atoms with E-state index in [0.717, 1.165) is 22.0 Å². The number of hydrogen-bond donors (Lipinski definition) is 2. The Bertz CT molecular complexity index is 1630. The third kappa shape index (κ3) is 6.37. The molecule has 4 rings (SSSR count). The summed E-state index contributed by atoms with van der Waals surface area (Å²) >= 11 is 6.27. The van der Waals surface area contributed by atoms with Crippen LogP contribution in [0.5, 0.6) is 5.75 Å². The minimum atomic E-state index is -4.12. The van der Waals surface area contributed by atoms with Crippen LogP contribution in [0.4, 0.5) is 0 Å². The summed E-state index contributed by atoms with van der Waals surface area (Å²) in [5.74, 6) is 4.64. The van der Waals surface area contributed by atoms with E-state index in [-0.39, 0.29) is 17.9 Å². The van der Waals surface area contributed by atoms with Crippen molar-refractivity contribution in [1.29, 1.82) is 0 Å². The van der Waals surface area contributed by atoms with E-state index in [0.29, 0.717) is 22.9 Å². The molecule has 0 aliphatic heterocycles. The Balaban J connectivity index is 1.60. The van der Waals surface area contributed by atoms with Gasteiger partial charge in [-0.1, -0.05) is 41.8 Å². The Kier molecular flexibility index (Phi) is 8.42. The molecule has 1 aromatic heterocycles. The van der Waals surface area contributed by atoms with Gasteiger partial charge in [-0.2, -0.15) is 4.72 Å². The molecule has 0 saturated carbocycles. The Hall–Kier alpha value is -3.77. The molecule has 0 fully saturated rings. The lowest BCUT2D eigenvalue weighted by Crippen LogP contribution is -2.42. The van der Waals surface area contributed by atoms with E-state index < -0.39 is 22.0 Å². The van der Waals surface area contributed by atoms with Gasteiger partial charge in [0.2, 0.25) is 10.0 Å². The maximum absolute atomic E-state index is 13.0. The van der Waals surface area contributed by atoms with E-state index >= 15 is 0 Å². The number of fused-ring (bicyclic) bond motifs is 1.